The Kier molecular flexibility index (Phi) is 6.21. The lowest BCUT2D eigenvalue weighted by Crippen LogP contribution is -2.44. The Morgan fingerprint density at radius 2 is 2.09 bits per heavy atom. The highest BCUT2D eigenvalue weighted by molar-refractivity contribution is 5.85. The average molecular weight is 321 g/mol. The largest absolute Gasteiger partial charge is 0.383 e. The molecule has 0 saturated heterocycles. The van der Waals surface area contributed by atoms with E-state index in [4.69, 9.17) is 4.74 Å². The second-order valence-corrected chi connectivity index (χ2v) is 6.02. The number of aryl methyl sites for hydroxylation is 1. The van der Waals surface area contributed by atoms with E-state index in [1.54, 1.807) is 12.0 Å². The van der Waals surface area contributed by atoms with Gasteiger partial charge in [-0.05, 0) is 25.0 Å². The molecular weight excluding hydrogens is 294 g/mol. The molecule has 0 aliphatic heterocycles. The normalized spacial score (nSPS) is 13.9. The van der Waals surface area contributed by atoms with E-state index in [2.05, 4.69) is 0 Å². The van der Waals surface area contributed by atoms with Gasteiger partial charge in [-0.1, -0.05) is 6.92 Å². The van der Waals surface area contributed by atoms with Gasteiger partial charge in [0.1, 0.15) is 0 Å². The van der Waals surface area contributed by atoms with E-state index in [1.807, 2.05) is 41.8 Å². The van der Waals surface area contributed by atoms with Crippen LogP contribution in [0.3, 0.4) is 0 Å². The zero-order valence-electron chi connectivity index (χ0n) is 14.3. The first-order valence-corrected chi connectivity index (χ1v) is 8.23. The molecule has 23 heavy (non-hydrogen) atoms. The maximum absolute atomic E-state index is 12.7. The summed E-state index contributed by atoms with van der Waals surface area (Å²) >= 11 is 0. The van der Waals surface area contributed by atoms with E-state index in [0.29, 0.717) is 32.2 Å². The van der Waals surface area contributed by atoms with Gasteiger partial charge in [0.2, 0.25) is 11.8 Å². The van der Waals surface area contributed by atoms with Crippen LogP contribution >= 0.6 is 0 Å². The van der Waals surface area contributed by atoms with Gasteiger partial charge in [0.05, 0.1) is 19.7 Å². The van der Waals surface area contributed by atoms with Crippen molar-refractivity contribution in [2.24, 2.45) is 7.05 Å². The highest BCUT2D eigenvalue weighted by Gasteiger charge is 2.33. The van der Waals surface area contributed by atoms with E-state index in [9.17, 15) is 9.59 Å². The van der Waals surface area contributed by atoms with Gasteiger partial charge < -0.3 is 19.1 Å². The van der Waals surface area contributed by atoms with Gasteiger partial charge >= 0.3 is 0 Å². The van der Waals surface area contributed by atoms with Crippen LogP contribution in [0.1, 0.15) is 31.9 Å². The molecule has 0 spiro atoms. The summed E-state index contributed by atoms with van der Waals surface area (Å²) in [4.78, 5) is 28.3. The highest BCUT2D eigenvalue weighted by atomic mass is 16.5. The zero-order chi connectivity index (χ0) is 16.8. The van der Waals surface area contributed by atoms with Gasteiger partial charge in [-0.3, -0.25) is 9.59 Å². The van der Waals surface area contributed by atoms with Crippen LogP contribution in [0.5, 0.6) is 0 Å². The van der Waals surface area contributed by atoms with Crippen LogP contribution in [0.25, 0.3) is 0 Å². The van der Waals surface area contributed by atoms with Crippen molar-refractivity contribution in [2.45, 2.75) is 38.8 Å². The molecule has 2 rings (SSSR count). The van der Waals surface area contributed by atoms with Crippen molar-refractivity contribution in [3.8, 4) is 0 Å². The van der Waals surface area contributed by atoms with E-state index < -0.39 is 0 Å². The lowest BCUT2D eigenvalue weighted by Gasteiger charge is -2.27. The van der Waals surface area contributed by atoms with Crippen molar-refractivity contribution in [1.29, 1.82) is 0 Å². The fourth-order valence-corrected chi connectivity index (χ4v) is 2.61. The van der Waals surface area contributed by atoms with Crippen LogP contribution in [0.4, 0.5) is 0 Å². The quantitative estimate of drug-likeness (QED) is 0.691. The fourth-order valence-electron chi connectivity index (χ4n) is 2.61. The Morgan fingerprint density at radius 3 is 2.61 bits per heavy atom. The number of rotatable bonds is 9. The number of aromatic nitrogens is 1. The molecule has 1 aromatic rings. The number of hydrogen-bond acceptors (Lipinski definition) is 3. The summed E-state index contributed by atoms with van der Waals surface area (Å²) in [5.74, 6) is 0.0108. The number of carbonyl (C=O) groups is 2. The van der Waals surface area contributed by atoms with E-state index in [-0.39, 0.29) is 18.4 Å². The second kappa shape index (κ2) is 8.15. The number of amides is 2. The molecule has 1 aliphatic carbocycles. The van der Waals surface area contributed by atoms with Crippen molar-refractivity contribution < 1.29 is 14.3 Å². The lowest BCUT2D eigenvalue weighted by atomic mass is 10.3. The van der Waals surface area contributed by atoms with Gasteiger partial charge in [-0.15, -0.1) is 0 Å². The highest BCUT2D eigenvalue weighted by Crippen LogP contribution is 2.28. The molecule has 0 unspecified atom stereocenters. The van der Waals surface area contributed by atoms with E-state index in [0.717, 1.165) is 18.5 Å². The van der Waals surface area contributed by atoms with Crippen molar-refractivity contribution in [3.05, 3.63) is 24.0 Å². The molecule has 6 nitrogen and oxygen atoms in total. The summed E-state index contributed by atoms with van der Waals surface area (Å²) in [6.07, 6.45) is 4.49. The lowest BCUT2D eigenvalue weighted by molar-refractivity contribution is -0.141. The van der Waals surface area contributed by atoms with Gasteiger partial charge in [0.15, 0.2) is 0 Å². The molecule has 128 valence electrons. The Labute approximate surface area is 138 Å². The summed E-state index contributed by atoms with van der Waals surface area (Å²) in [5, 5.41) is 0. The minimum atomic E-state index is -0.00925. The Bertz CT molecular complexity index is 537. The maximum Gasteiger partial charge on any atom is 0.242 e. The van der Waals surface area contributed by atoms with Crippen LogP contribution in [-0.4, -0.2) is 59.0 Å². The monoisotopic (exact) mass is 321 g/mol. The third-order valence-corrected chi connectivity index (χ3v) is 4.24. The van der Waals surface area contributed by atoms with Crippen molar-refractivity contribution in [3.63, 3.8) is 0 Å². The van der Waals surface area contributed by atoms with Crippen LogP contribution in [-0.2, 0) is 27.9 Å². The number of nitrogens with zero attached hydrogens (tertiary/aromatic N) is 3. The van der Waals surface area contributed by atoms with Crippen LogP contribution < -0.4 is 0 Å². The first kappa shape index (κ1) is 17.5. The Morgan fingerprint density at radius 1 is 1.35 bits per heavy atom. The van der Waals surface area contributed by atoms with Crippen molar-refractivity contribution in [2.75, 3.05) is 26.8 Å². The zero-order valence-corrected chi connectivity index (χ0v) is 14.3. The predicted molar refractivity (Wildman–Crippen MR) is 87.7 cm³/mol. The SMILES string of the molecule is CCC(=O)N(CCOC)CC(=O)N(Cc1cccn1C)C1CC1. The Balaban J connectivity index is 2.01. The van der Waals surface area contributed by atoms with E-state index in [1.165, 1.54) is 0 Å². The summed E-state index contributed by atoms with van der Waals surface area (Å²) in [6, 6.07) is 4.33. The minimum Gasteiger partial charge on any atom is -0.383 e. The third kappa shape index (κ3) is 4.82. The number of carbonyl (C=O) groups excluding carboxylic acids is 2. The maximum atomic E-state index is 12.7. The molecule has 0 atom stereocenters. The average Bonchev–Trinajstić information content (AvgIpc) is 3.31. The molecule has 0 radical (unpaired) electrons. The smallest absolute Gasteiger partial charge is 0.242 e. The van der Waals surface area contributed by atoms with Crippen molar-refractivity contribution >= 4 is 11.8 Å². The molecule has 1 aliphatic rings. The summed E-state index contributed by atoms with van der Waals surface area (Å²) in [6.45, 7) is 3.45. The topological polar surface area (TPSA) is 54.8 Å². The van der Waals surface area contributed by atoms with Crippen molar-refractivity contribution in [1.82, 2.24) is 14.4 Å². The predicted octanol–water partition coefficient (Wildman–Crippen LogP) is 1.40. The molecule has 2 amide bonds. The van der Waals surface area contributed by atoms with Crippen LogP contribution in [0.15, 0.2) is 18.3 Å². The Hall–Kier alpha value is -1.82. The fraction of sp³-hybridized carbons (Fsp3) is 0.647. The van der Waals surface area contributed by atoms with Gasteiger partial charge in [-0.2, -0.15) is 0 Å². The molecule has 0 bridgehead atoms. The minimum absolute atomic E-state index is 0.00925. The van der Waals surface area contributed by atoms with Crippen LogP contribution in [0, 0.1) is 0 Å². The number of methoxy groups -OCH3 is 1. The molecule has 0 aromatic carbocycles. The first-order valence-electron chi connectivity index (χ1n) is 8.23. The molecule has 1 fully saturated rings. The second-order valence-electron chi connectivity index (χ2n) is 6.02. The standard InChI is InChI=1S/C17H27N3O3/c1-4-16(21)19(10-11-23-3)13-17(22)20(14-7-8-14)12-15-6-5-9-18(15)2/h5-6,9,14H,4,7-8,10-13H2,1-3H3. The molecule has 1 saturated carbocycles. The first-order chi connectivity index (χ1) is 11.1. The van der Waals surface area contributed by atoms with Gasteiger partial charge in [0, 0.05) is 45.1 Å². The van der Waals surface area contributed by atoms with Crippen LogP contribution in [0.2, 0.25) is 0 Å². The summed E-state index contributed by atoms with van der Waals surface area (Å²) < 4.78 is 7.08. The van der Waals surface area contributed by atoms with E-state index >= 15 is 0 Å². The molecule has 1 heterocycles. The molecule has 0 N–H and O–H groups in total. The molecular formula is C17H27N3O3. The molecule has 6 heteroatoms. The summed E-state index contributed by atoms with van der Waals surface area (Å²) in [7, 11) is 3.58. The number of hydrogen-bond donors (Lipinski definition) is 0. The molecule has 1 aromatic heterocycles. The summed E-state index contributed by atoms with van der Waals surface area (Å²) in [5.41, 5.74) is 1.11. The number of ether oxygens (including phenoxy) is 1. The van der Waals surface area contributed by atoms with Gasteiger partial charge in [-0.25, -0.2) is 0 Å². The third-order valence-electron chi connectivity index (χ3n) is 4.24. The van der Waals surface area contributed by atoms with Gasteiger partial charge in [0.25, 0.3) is 0 Å².